The lowest BCUT2D eigenvalue weighted by Crippen LogP contribution is -2.58. The quantitative estimate of drug-likeness (QED) is 0.767. The molecule has 1 amide bonds. The maximum atomic E-state index is 11.9. The van der Waals surface area contributed by atoms with Crippen LogP contribution in [0.5, 0.6) is 0 Å². The fourth-order valence-corrected chi connectivity index (χ4v) is 2.74. The Balaban J connectivity index is 2.31. The monoisotopic (exact) mass is 264 g/mol. The topological polar surface area (TPSA) is 72.9 Å². The number of nitrogens with one attached hydrogen (secondary N) is 1. The van der Waals surface area contributed by atoms with Gasteiger partial charge in [-0.05, 0) is 44.7 Å². The Morgan fingerprint density at radius 2 is 2.21 bits per heavy atom. The van der Waals surface area contributed by atoms with E-state index in [1.807, 2.05) is 11.7 Å². The maximum Gasteiger partial charge on any atom is 0.239 e. The van der Waals surface area contributed by atoms with Crippen molar-refractivity contribution in [3.63, 3.8) is 0 Å². The van der Waals surface area contributed by atoms with Gasteiger partial charge < -0.3 is 11.1 Å². The summed E-state index contributed by atoms with van der Waals surface area (Å²) in [6.45, 7) is 4.73. The van der Waals surface area contributed by atoms with E-state index in [0.29, 0.717) is 12.5 Å². The summed E-state index contributed by atoms with van der Waals surface area (Å²) in [6, 6.07) is 2.12. The van der Waals surface area contributed by atoms with Gasteiger partial charge in [-0.25, -0.2) is 0 Å². The van der Waals surface area contributed by atoms with E-state index in [1.165, 1.54) is 5.69 Å². The molecule has 0 spiro atoms. The molecule has 0 saturated heterocycles. The number of aryl methyl sites for hydroxylation is 2. The van der Waals surface area contributed by atoms with Crippen molar-refractivity contribution in [2.45, 2.75) is 51.6 Å². The predicted octanol–water partition coefficient (Wildman–Crippen LogP) is 0.861. The van der Waals surface area contributed by atoms with Crippen LogP contribution in [-0.4, -0.2) is 28.3 Å². The third kappa shape index (κ3) is 2.52. The minimum atomic E-state index is -0.652. The molecule has 1 saturated carbocycles. The lowest BCUT2D eigenvalue weighted by Gasteiger charge is -2.30. The van der Waals surface area contributed by atoms with E-state index in [9.17, 15) is 4.79 Å². The van der Waals surface area contributed by atoms with Crippen LogP contribution in [-0.2, 0) is 24.2 Å². The molecular formula is C14H24N4O. The molecule has 3 N–H and O–H groups in total. The molecule has 0 aliphatic heterocycles. The van der Waals surface area contributed by atoms with Crippen LogP contribution in [0.2, 0.25) is 0 Å². The van der Waals surface area contributed by atoms with Crippen molar-refractivity contribution >= 4 is 5.91 Å². The van der Waals surface area contributed by atoms with Gasteiger partial charge in [-0.1, -0.05) is 13.8 Å². The highest BCUT2D eigenvalue weighted by molar-refractivity contribution is 5.85. The Labute approximate surface area is 114 Å². The van der Waals surface area contributed by atoms with Gasteiger partial charge in [0.05, 0.1) is 12.2 Å². The van der Waals surface area contributed by atoms with Crippen LogP contribution in [0.15, 0.2) is 6.07 Å². The van der Waals surface area contributed by atoms with E-state index in [4.69, 9.17) is 5.73 Å². The number of primary amides is 1. The lowest BCUT2D eigenvalue weighted by molar-refractivity contribution is -0.125. The number of aromatic nitrogens is 2. The minimum absolute atomic E-state index is 0.270. The van der Waals surface area contributed by atoms with Crippen LogP contribution in [0.3, 0.4) is 0 Å². The van der Waals surface area contributed by atoms with E-state index < -0.39 is 5.54 Å². The molecule has 1 atom stereocenters. The van der Waals surface area contributed by atoms with Crippen LogP contribution in [0, 0.1) is 5.92 Å². The number of hydrogen-bond donors (Lipinski definition) is 2. The molecule has 1 aromatic heterocycles. The zero-order chi connectivity index (χ0) is 14.0. The van der Waals surface area contributed by atoms with Gasteiger partial charge >= 0.3 is 0 Å². The highest BCUT2D eigenvalue weighted by atomic mass is 16.1. The molecule has 0 bridgehead atoms. The van der Waals surface area contributed by atoms with Crippen molar-refractivity contribution in [1.82, 2.24) is 15.1 Å². The second kappa shape index (κ2) is 5.33. The molecule has 0 radical (unpaired) electrons. The Morgan fingerprint density at radius 1 is 1.53 bits per heavy atom. The van der Waals surface area contributed by atoms with Gasteiger partial charge in [-0.3, -0.25) is 9.48 Å². The third-order valence-corrected chi connectivity index (χ3v) is 4.20. The number of amides is 1. The zero-order valence-electron chi connectivity index (χ0n) is 12.1. The first kappa shape index (κ1) is 14.1. The van der Waals surface area contributed by atoms with Crippen LogP contribution in [0.4, 0.5) is 0 Å². The molecule has 1 heterocycles. The Morgan fingerprint density at radius 3 is 2.63 bits per heavy atom. The van der Waals surface area contributed by atoms with Crippen LogP contribution >= 0.6 is 0 Å². The summed E-state index contributed by atoms with van der Waals surface area (Å²) in [4.78, 5) is 11.9. The summed E-state index contributed by atoms with van der Waals surface area (Å²) < 4.78 is 1.96. The number of carbonyl (C=O) groups excluding carboxylic acids is 1. The van der Waals surface area contributed by atoms with Crippen LogP contribution < -0.4 is 11.1 Å². The second-order valence-electron chi connectivity index (χ2n) is 5.35. The summed E-state index contributed by atoms with van der Waals surface area (Å²) in [5.41, 5.74) is 7.24. The Hall–Kier alpha value is -1.36. The highest BCUT2D eigenvalue weighted by Gasteiger charge is 2.49. The number of rotatable bonds is 7. The van der Waals surface area contributed by atoms with Gasteiger partial charge in [0.25, 0.3) is 0 Å². The van der Waals surface area contributed by atoms with Crippen molar-refractivity contribution < 1.29 is 4.79 Å². The highest BCUT2D eigenvalue weighted by Crippen LogP contribution is 2.40. The standard InChI is InChI=1S/C14H24N4O/c1-4-11-8-12(5-2)18(17-11)9-14(16-3,13(15)19)10-6-7-10/h8,10,16H,4-7,9H2,1-3H3,(H2,15,19). The number of nitrogens with two attached hydrogens (primary N) is 1. The summed E-state index contributed by atoms with van der Waals surface area (Å²) in [7, 11) is 1.82. The first-order valence-corrected chi connectivity index (χ1v) is 7.11. The van der Waals surface area contributed by atoms with E-state index in [2.05, 4.69) is 30.3 Å². The van der Waals surface area contributed by atoms with Gasteiger partial charge in [0.15, 0.2) is 0 Å². The Bertz CT molecular complexity index is 464. The van der Waals surface area contributed by atoms with E-state index in [0.717, 1.165) is 31.4 Å². The van der Waals surface area contributed by atoms with Crippen LogP contribution in [0.1, 0.15) is 38.1 Å². The van der Waals surface area contributed by atoms with E-state index in [-0.39, 0.29) is 5.91 Å². The van der Waals surface area contributed by atoms with Crippen molar-refractivity contribution in [2.24, 2.45) is 11.7 Å². The van der Waals surface area contributed by atoms with Gasteiger partial charge in [-0.2, -0.15) is 5.10 Å². The normalized spacial score (nSPS) is 18.3. The predicted molar refractivity (Wildman–Crippen MR) is 74.7 cm³/mol. The molecule has 19 heavy (non-hydrogen) atoms. The maximum absolute atomic E-state index is 11.9. The van der Waals surface area contributed by atoms with E-state index in [1.54, 1.807) is 0 Å². The average molecular weight is 264 g/mol. The fraction of sp³-hybridized carbons (Fsp3) is 0.714. The molecule has 1 aromatic rings. The number of carbonyl (C=O) groups is 1. The first-order chi connectivity index (χ1) is 9.07. The van der Waals surface area contributed by atoms with Crippen molar-refractivity contribution in [3.8, 4) is 0 Å². The molecule has 1 aliphatic carbocycles. The van der Waals surface area contributed by atoms with Gasteiger partial charge in [0.1, 0.15) is 5.54 Å². The first-order valence-electron chi connectivity index (χ1n) is 7.11. The molecule has 1 aliphatic rings. The Kier molecular flexibility index (Phi) is 3.94. The second-order valence-corrected chi connectivity index (χ2v) is 5.35. The molecule has 5 heteroatoms. The van der Waals surface area contributed by atoms with E-state index >= 15 is 0 Å². The third-order valence-electron chi connectivity index (χ3n) is 4.20. The summed E-state index contributed by atoms with van der Waals surface area (Å²) in [5, 5.41) is 7.76. The number of likely N-dealkylation sites (N-methyl/N-ethyl adjacent to an activating group) is 1. The van der Waals surface area contributed by atoms with Gasteiger partial charge in [-0.15, -0.1) is 0 Å². The zero-order valence-corrected chi connectivity index (χ0v) is 12.1. The number of nitrogens with zero attached hydrogens (tertiary/aromatic N) is 2. The summed E-state index contributed by atoms with van der Waals surface area (Å²) >= 11 is 0. The molecule has 5 nitrogen and oxygen atoms in total. The molecular weight excluding hydrogens is 240 g/mol. The summed E-state index contributed by atoms with van der Waals surface area (Å²) in [5.74, 6) is 0.0714. The fourth-order valence-electron chi connectivity index (χ4n) is 2.74. The molecule has 1 fully saturated rings. The van der Waals surface area contributed by atoms with Crippen molar-refractivity contribution in [1.29, 1.82) is 0 Å². The largest absolute Gasteiger partial charge is 0.368 e. The van der Waals surface area contributed by atoms with Crippen molar-refractivity contribution in [3.05, 3.63) is 17.5 Å². The summed E-state index contributed by atoms with van der Waals surface area (Å²) in [6.07, 6.45) is 3.95. The smallest absolute Gasteiger partial charge is 0.239 e. The molecule has 0 aromatic carbocycles. The number of hydrogen-bond acceptors (Lipinski definition) is 3. The van der Waals surface area contributed by atoms with Crippen LogP contribution in [0.25, 0.3) is 0 Å². The lowest BCUT2D eigenvalue weighted by atomic mass is 9.92. The van der Waals surface area contributed by atoms with Gasteiger partial charge in [0.2, 0.25) is 5.91 Å². The molecule has 2 rings (SSSR count). The minimum Gasteiger partial charge on any atom is -0.368 e. The SMILES string of the molecule is CCc1cc(CC)n(CC(NC)(C(N)=O)C2CC2)n1. The average Bonchev–Trinajstić information content (AvgIpc) is 3.17. The molecule has 106 valence electrons. The van der Waals surface area contributed by atoms with Crippen molar-refractivity contribution in [2.75, 3.05) is 7.05 Å². The van der Waals surface area contributed by atoms with Gasteiger partial charge in [0, 0.05) is 5.69 Å². The molecule has 1 unspecified atom stereocenters.